The summed E-state index contributed by atoms with van der Waals surface area (Å²) >= 11 is 6.14. The van der Waals surface area contributed by atoms with Gasteiger partial charge in [-0.25, -0.2) is 4.79 Å². The quantitative estimate of drug-likeness (QED) is 0.811. The molecule has 2 aromatic carbocycles. The van der Waals surface area contributed by atoms with Gasteiger partial charge in [0, 0.05) is 35.4 Å². The number of nitrogens with zero attached hydrogens (tertiary/aromatic N) is 2. The molecular formula is C21H22ClN3O4. The summed E-state index contributed by atoms with van der Waals surface area (Å²) in [4.78, 5) is 28.2. The van der Waals surface area contributed by atoms with Gasteiger partial charge in [0.2, 0.25) is 0 Å². The summed E-state index contributed by atoms with van der Waals surface area (Å²) in [7, 11) is 1.63. The molecule has 152 valence electrons. The molecule has 8 heteroatoms. The Kier molecular flexibility index (Phi) is 5.49. The third-order valence-electron chi connectivity index (χ3n) is 5.19. The Morgan fingerprint density at radius 3 is 2.86 bits per heavy atom. The van der Waals surface area contributed by atoms with E-state index < -0.39 is 0 Å². The highest BCUT2D eigenvalue weighted by molar-refractivity contribution is 6.31. The zero-order chi connectivity index (χ0) is 20.4. The molecule has 1 atom stereocenters. The van der Waals surface area contributed by atoms with Crippen LogP contribution in [0.2, 0.25) is 5.02 Å². The van der Waals surface area contributed by atoms with Gasteiger partial charge in [-0.05, 0) is 42.8 Å². The number of carbonyl (C=O) groups is 2. The number of benzene rings is 2. The van der Waals surface area contributed by atoms with Crippen LogP contribution >= 0.6 is 11.6 Å². The molecule has 2 aliphatic heterocycles. The van der Waals surface area contributed by atoms with Crippen LogP contribution in [-0.4, -0.2) is 51.4 Å². The fourth-order valence-corrected chi connectivity index (χ4v) is 3.89. The van der Waals surface area contributed by atoms with Crippen molar-refractivity contribution >= 4 is 35.0 Å². The molecule has 0 bridgehead atoms. The van der Waals surface area contributed by atoms with Gasteiger partial charge in [-0.3, -0.25) is 9.69 Å². The van der Waals surface area contributed by atoms with Gasteiger partial charge >= 0.3 is 6.09 Å². The molecular weight excluding hydrogens is 394 g/mol. The van der Waals surface area contributed by atoms with E-state index in [1.807, 2.05) is 12.1 Å². The minimum Gasteiger partial charge on any atom is -0.495 e. The molecule has 0 spiro atoms. The fourth-order valence-electron chi connectivity index (χ4n) is 3.72. The summed E-state index contributed by atoms with van der Waals surface area (Å²) in [6.07, 6.45) is 0.434. The Balaban J connectivity index is 1.42. The number of anilines is 2. The molecule has 0 unspecified atom stereocenters. The Morgan fingerprint density at radius 2 is 2.10 bits per heavy atom. The Hall–Kier alpha value is -2.93. The molecule has 0 saturated carbocycles. The highest BCUT2D eigenvalue weighted by Crippen LogP contribution is 2.33. The Morgan fingerprint density at radius 1 is 1.24 bits per heavy atom. The topological polar surface area (TPSA) is 71.1 Å². The number of halogens is 1. The van der Waals surface area contributed by atoms with Crippen LogP contribution in [-0.2, 0) is 4.74 Å². The molecule has 2 saturated heterocycles. The van der Waals surface area contributed by atoms with E-state index in [4.69, 9.17) is 21.1 Å². The maximum absolute atomic E-state index is 12.8. The first-order chi connectivity index (χ1) is 14.0. The second-order valence-corrected chi connectivity index (χ2v) is 7.47. The molecule has 0 aliphatic carbocycles. The van der Waals surface area contributed by atoms with E-state index in [1.54, 1.807) is 37.4 Å². The van der Waals surface area contributed by atoms with Crippen molar-refractivity contribution in [3.63, 3.8) is 0 Å². The van der Waals surface area contributed by atoms with Gasteiger partial charge < -0.3 is 19.7 Å². The summed E-state index contributed by atoms with van der Waals surface area (Å²) in [6, 6.07) is 12.6. The summed E-state index contributed by atoms with van der Waals surface area (Å²) < 4.78 is 10.4. The largest absolute Gasteiger partial charge is 0.495 e. The number of amides is 2. The molecule has 2 fully saturated rings. The van der Waals surface area contributed by atoms with Gasteiger partial charge in [-0.2, -0.15) is 0 Å². The lowest BCUT2D eigenvalue weighted by molar-refractivity contribution is 0.0940. The average molecular weight is 416 g/mol. The van der Waals surface area contributed by atoms with Crippen LogP contribution in [0.4, 0.5) is 16.2 Å². The minimum absolute atomic E-state index is 0.00611. The summed E-state index contributed by atoms with van der Waals surface area (Å²) in [5.41, 5.74) is 2.10. The van der Waals surface area contributed by atoms with Crippen LogP contribution in [0.15, 0.2) is 42.5 Å². The van der Waals surface area contributed by atoms with Crippen LogP contribution in [0.5, 0.6) is 5.75 Å². The van der Waals surface area contributed by atoms with Gasteiger partial charge in [-0.15, -0.1) is 0 Å². The first-order valence-electron chi connectivity index (χ1n) is 9.49. The highest BCUT2D eigenvalue weighted by atomic mass is 35.5. The molecule has 4 rings (SSSR count). The van der Waals surface area contributed by atoms with Gasteiger partial charge in [0.05, 0.1) is 19.3 Å². The number of hydrogen-bond acceptors (Lipinski definition) is 5. The second-order valence-electron chi connectivity index (χ2n) is 7.04. The van der Waals surface area contributed by atoms with E-state index in [1.165, 1.54) is 4.90 Å². The minimum atomic E-state index is -0.385. The van der Waals surface area contributed by atoms with Crippen molar-refractivity contribution in [3.8, 4) is 5.75 Å². The van der Waals surface area contributed by atoms with Crippen molar-refractivity contribution in [3.05, 3.63) is 53.1 Å². The van der Waals surface area contributed by atoms with Crippen LogP contribution in [0.1, 0.15) is 16.8 Å². The summed E-state index contributed by atoms with van der Waals surface area (Å²) in [6.45, 7) is 2.31. The van der Waals surface area contributed by atoms with Crippen molar-refractivity contribution in [1.82, 2.24) is 5.32 Å². The average Bonchev–Trinajstić information content (AvgIpc) is 3.37. The van der Waals surface area contributed by atoms with E-state index in [2.05, 4.69) is 10.2 Å². The number of rotatable bonds is 5. The molecule has 7 nitrogen and oxygen atoms in total. The van der Waals surface area contributed by atoms with E-state index >= 15 is 0 Å². The Labute approximate surface area is 174 Å². The van der Waals surface area contributed by atoms with Gasteiger partial charge in [0.1, 0.15) is 12.4 Å². The van der Waals surface area contributed by atoms with Gasteiger partial charge in [0.15, 0.2) is 0 Å². The molecule has 2 amide bonds. The van der Waals surface area contributed by atoms with Crippen LogP contribution in [0.25, 0.3) is 0 Å². The molecule has 29 heavy (non-hydrogen) atoms. The third-order valence-corrected chi connectivity index (χ3v) is 5.42. The molecule has 1 N–H and O–H groups in total. The number of cyclic esters (lactones) is 1. The Bertz CT molecular complexity index is 936. The van der Waals surface area contributed by atoms with Crippen LogP contribution < -0.4 is 19.9 Å². The fraction of sp³-hybridized carbons (Fsp3) is 0.333. The van der Waals surface area contributed by atoms with E-state index in [-0.39, 0.29) is 18.0 Å². The maximum Gasteiger partial charge on any atom is 0.414 e. The predicted octanol–water partition coefficient (Wildman–Crippen LogP) is 3.31. The van der Waals surface area contributed by atoms with Crippen LogP contribution in [0.3, 0.4) is 0 Å². The number of nitrogens with one attached hydrogen (secondary N) is 1. The lowest BCUT2D eigenvalue weighted by Gasteiger charge is -2.22. The number of ether oxygens (including phenoxy) is 2. The van der Waals surface area contributed by atoms with Crippen molar-refractivity contribution in [2.24, 2.45) is 0 Å². The second kappa shape index (κ2) is 8.21. The first-order valence-corrected chi connectivity index (χ1v) is 9.86. The maximum atomic E-state index is 12.8. The normalized spacial score (nSPS) is 18.7. The SMILES string of the molecule is COc1ccc(Cl)cc1N1CC[C@H](NC(=O)c2cccc(N3CCOC3=O)c2)C1. The molecule has 2 aliphatic rings. The standard InChI is InChI=1S/C21H22ClN3O4/c1-28-19-6-5-15(22)12-18(19)24-8-7-16(13-24)23-20(26)14-3-2-4-17(11-14)25-9-10-29-21(25)27/h2-6,11-12,16H,7-10,13H2,1H3,(H,23,26)/t16-/m0/s1. The summed E-state index contributed by atoms with van der Waals surface area (Å²) in [5.74, 6) is 0.593. The number of hydrogen-bond donors (Lipinski definition) is 1. The van der Waals surface area contributed by atoms with E-state index in [0.717, 1.165) is 24.4 Å². The van der Waals surface area contributed by atoms with E-state index in [0.29, 0.717) is 36.0 Å². The highest BCUT2D eigenvalue weighted by Gasteiger charge is 2.27. The van der Waals surface area contributed by atoms with Crippen molar-refractivity contribution < 1.29 is 19.1 Å². The monoisotopic (exact) mass is 415 g/mol. The van der Waals surface area contributed by atoms with E-state index in [9.17, 15) is 9.59 Å². The zero-order valence-electron chi connectivity index (χ0n) is 16.1. The number of methoxy groups -OCH3 is 1. The van der Waals surface area contributed by atoms with Crippen molar-refractivity contribution in [2.45, 2.75) is 12.5 Å². The molecule has 0 radical (unpaired) electrons. The third kappa shape index (κ3) is 4.10. The zero-order valence-corrected chi connectivity index (χ0v) is 16.8. The van der Waals surface area contributed by atoms with Gasteiger partial charge in [-0.1, -0.05) is 17.7 Å². The number of carbonyl (C=O) groups excluding carboxylic acids is 2. The van der Waals surface area contributed by atoms with Crippen LogP contribution in [0, 0.1) is 0 Å². The molecule has 0 aromatic heterocycles. The predicted molar refractivity (Wildman–Crippen MR) is 111 cm³/mol. The smallest absolute Gasteiger partial charge is 0.414 e. The van der Waals surface area contributed by atoms with Gasteiger partial charge in [0.25, 0.3) is 5.91 Å². The lowest BCUT2D eigenvalue weighted by Crippen LogP contribution is -2.37. The molecule has 2 heterocycles. The lowest BCUT2D eigenvalue weighted by atomic mass is 10.1. The molecule has 2 aromatic rings. The van der Waals surface area contributed by atoms with Crippen molar-refractivity contribution in [1.29, 1.82) is 0 Å². The first kappa shape index (κ1) is 19.4. The van der Waals surface area contributed by atoms with Crippen molar-refractivity contribution in [2.75, 3.05) is 43.2 Å². The summed E-state index contributed by atoms with van der Waals surface area (Å²) in [5, 5.41) is 3.73.